The lowest BCUT2D eigenvalue weighted by atomic mass is 9.99. The molecule has 0 saturated carbocycles. The second-order valence-electron chi connectivity index (χ2n) is 6.46. The summed E-state index contributed by atoms with van der Waals surface area (Å²) >= 11 is 0. The molecule has 0 bridgehead atoms. The van der Waals surface area contributed by atoms with Crippen LogP contribution in [0.4, 0.5) is 4.79 Å². The van der Waals surface area contributed by atoms with Gasteiger partial charge in [0.15, 0.2) is 0 Å². The van der Waals surface area contributed by atoms with Crippen LogP contribution in [0.1, 0.15) is 19.3 Å². The highest BCUT2D eigenvalue weighted by Crippen LogP contribution is 2.23. The second kappa shape index (κ2) is 5.67. The van der Waals surface area contributed by atoms with Gasteiger partial charge in [0.25, 0.3) is 0 Å². The molecule has 0 aliphatic carbocycles. The van der Waals surface area contributed by atoms with Crippen LogP contribution in [0.15, 0.2) is 0 Å². The van der Waals surface area contributed by atoms with Gasteiger partial charge in [0.1, 0.15) is 0 Å². The Bertz CT molecular complexity index is 329. The van der Waals surface area contributed by atoms with Crippen LogP contribution in [0.5, 0.6) is 0 Å². The second-order valence-corrected chi connectivity index (χ2v) is 6.46. The summed E-state index contributed by atoms with van der Waals surface area (Å²) in [6.45, 7) is 6.42. The average molecular weight is 266 g/mol. The first-order chi connectivity index (χ1) is 9.22. The fraction of sp³-hybridized carbons (Fsp3) is 0.929. The molecule has 0 aromatic carbocycles. The first-order valence-electron chi connectivity index (χ1n) is 7.67. The Morgan fingerprint density at radius 3 is 2.89 bits per heavy atom. The summed E-state index contributed by atoms with van der Waals surface area (Å²) in [6, 6.07) is 0.532. The third kappa shape index (κ3) is 3.03. The van der Waals surface area contributed by atoms with E-state index in [9.17, 15) is 4.79 Å². The molecule has 0 aromatic heterocycles. The van der Waals surface area contributed by atoms with Gasteiger partial charge in [0, 0.05) is 19.6 Å². The van der Waals surface area contributed by atoms with Gasteiger partial charge in [0.05, 0.1) is 6.04 Å². The molecule has 5 heteroatoms. The van der Waals surface area contributed by atoms with Crippen molar-refractivity contribution in [3.63, 3.8) is 0 Å². The van der Waals surface area contributed by atoms with Gasteiger partial charge in [-0.05, 0) is 57.8 Å². The molecule has 3 aliphatic heterocycles. The lowest BCUT2D eigenvalue weighted by Crippen LogP contribution is -2.35. The number of nitrogens with one attached hydrogen (secondary N) is 2. The normalized spacial score (nSPS) is 36.2. The third-order valence-electron chi connectivity index (χ3n) is 4.98. The zero-order chi connectivity index (χ0) is 13.2. The topological polar surface area (TPSA) is 47.6 Å². The van der Waals surface area contributed by atoms with Gasteiger partial charge >= 0.3 is 6.03 Å². The molecule has 3 atom stereocenters. The molecule has 3 fully saturated rings. The molecule has 0 radical (unpaired) electrons. The fourth-order valence-corrected chi connectivity index (χ4v) is 3.67. The van der Waals surface area contributed by atoms with Crippen LogP contribution < -0.4 is 10.6 Å². The molecule has 3 saturated heterocycles. The minimum Gasteiger partial charge on any atom is -0.333 e. The Labute approximate surface area is 115 Å². The molecule has 3 rings (SSSR count). The summed E-state index contributed by atoms with van der Waals surface area (Å²) in [4.78, 5) is 16.4. The number of carbonyl (C=O) groups excluding carboxylic acids is 1. The minimum absolute atomic E-state index is 0.158. The van der Waals surface area contributed by atoms with Gasteiger partial charge in [-0.15, -0.1) is 0 Å². The van der Waals surface area contributed by atoms with Crippen molar-refractivity contribution in [1.29, 1.82) is 0 Å². The van der Waals surface area contributed by atoms with E-state index in [2.05, 4.69) is 22.6 Å². The van der Waals surface area contributed by atoms with E-state index in [-0.39, 0.29) is 6.03 Å². The molecule has 3 heterocycles. The quantitative estimate of drug-likeness (QED) is 0.771. The maximum absolute atomic E-state index is 12.0. The van der Waals surface area contributed by atoms with E-state index in [1.807, 2.05) is 4.90 Å². The largest absolute Gasteiger partial charge is 0.333 e. The molecule has 3 unspecified atom stereocenters. The molecule has 0 aromatic rings. The predicted octanol–water partition coefficient (Wildman–Crippen LogP) is 0.332. The lowest BCUT2D eigenvalue weighted by molar-refractivity contribution is 0.214. The maximum Gasteiger partial charge on any atom is 0.317 e. The number of rotatable bonds is 4. The zero-order valence-electron chi connectivity index (χ0n) is 11.9. The van der Waals surface area contributed by atoms with Crippen LogP contribution in [0.2, 0.25) is 0 Å². The van der Waals surface area contributed by atoms with E-state index in [1.165, 1.54) is 19.4 Å². The molecule has 2 N–H and O–H groups in total. The van der Waals surface area contributed by atoms with Crippen molar-refractivity contribution >= 4 is 6.03 Å². The van der Waals surface area contributed by atoms with Gasteiger partial charge in [-0.25, -0.2) is 4.79 Å². The zero-order valence-corrected chi connectivity index (χ0v) is 11.9. The predicted molar refractivity (Wildman–Crippen MR) is 75.1 cm³/mol. The van der Waals surface area contributed by atoms with Crippen LogP contribution in [0.25, 0.3) is 0 Å². The van der Waals surface area contributed by atoms with Crippen LogP contribution in [-0.4, -0.2) is 68.2 Å². The molecule has 5 nitrogen and oxygen atoms in total. The highest BCUT2D eigenvalue weighted by Gasteiger charge is 2.36. The number of amides is 2. The monoisotopic (exact) mass is 266 g/mol. The summed E-state index contributed by atoms with van der Waals surface area (Å²) < 4.78 is 0. The van der Waals surface area contributed by atoms with Crippen molar-refractivity contribution in [2.45, 2.75) is 25.3 Å². The van der Waals surface area contributed by atoms with Gasteiger partial charge in [-0.1, -0.05) is 0 Å². The molecular weight excluding hydrogens is 240 g/mol. The van der Waals surface area contributed by atoms with Crippen molar-refractivity contribution in [3.05, 3.63) is 0 Å². The van der Waals surface area contributed by atoms with E-state index in [0.29, 0.717) is 12.0 Å². The van der Waals surface area contributed by atoms with Gasteiger partial charge in [-0.2, -0.15) is 0 Å². The van der Waals surface area contributed by atoms with Crippen LogP contribution in [0.3, 0.4) is 0 Å². The Balaban J connectivity index is 1.46. The maximum atomic E-state index is 12.0. The van der Waals surface area contributed by atoms with Gasteiger partial charge in [0.2, 0.25) is 0 Å². The first kappa shape index (κ1) is 13.2. The lowest BCUT2D eigenvalue weighted by Gasteiger charge is -2.19. The highest BCUT2D eigenvalue weighted by molar-refractivity contribution is 5.76. The van der Waals surface area contributed by atoms with E-state index in [0.717, 1.165) is 45.1 Å². The number of urea groups is 1. The Morgan fingerprint density at radius 2 is 2.21 bits per heavy atom. The molecule has 19 heavy (non-hydrogen) atoms. The van der Waals surface area contributed by atoms with E-state index >= 15 is 0 Å². The van der Waals surface area contributed by atoms with Crippen molar-refractivity contribution in [1.82, 2.24) is 20.4 Å². The number of likely N-dealkylation sites (tertiary alicyclic amines) is 1. The van der Waals surface area contributed by atoms with Crippen molar-refractivity contribution < 1.29 is 4.79 Å². The average Bonchev–Trinajstić information content (AvgIpc) is 3.08. The summed E-state index contributed by atoms with van der Waals surface area (Å²) in [5.41, 5.74) is 0. The van der Waals surface area contributed by atoms with Gasteiger partial charge < -0.3 is 20.4 Å². The summed E-state index contributed by atoms with van der Waals surface area (Å²) in [6.07, 6.45) is 3.64. The summed E-state index contributed by atoms with van der Waals surface area (Å²) in [7, 11) is 2.17. The smallest absolute Gasteiger partial charge is 0.317 e. The van der Waals surface area contributed by atoms with Crippen LogP contribution >= 0.6 is 0 Å². The Morgan fingerprint density at radius 1 is 1.32 bits per heavy atom. The highest BCUT2D eigenvalue weighted by atomic mass is 16.2. The Hall–Kier alpha value is -0.810. The summed E-state index contributed by atoms with van der Waals surface area (Å²) in [5.74, 6) is 1.41. The summed E-state index contributed by atoms with van der Waals surface area (Å²) in [5, 5.41) is 6.58. The fourth-order valence-electron chi connectivity index (χ4n) is 3.67. The van der Waals surface area contributed by atoms with E-state index in [4.69, 9.17) is 0 Å². The number of hydrogen-bond acceptors (Lipinski definition) is 3. The third-order valence-corrected chi connectivity index (χ3v) is 4.98. The van der Waals surface area contributed by atoms with Crippen molar-refractivity contribution in [3.8, 4) is 0 Å². The number of nitrogens with zero attached hydrogens (tertiary/aromatic N) is 2. The number of carbonyl (C=O) groups is 1. The molecule has 2 amide bonds. The molecule has 0 spiro atoms. The first-order valence-corrected chi connectivity index (χ1v) is 7.67. The van der Waals surface area contributed by atoms with Crippen LogP contribution in [-0.2, 0) is 0 Å². The standard InChI is InChI=1S/C14H26N4O/c1-17-6-4-12(9-17)13-10-18(14(19)16-13)7-3-11-2-5-15-8-11/h11-13,15H,2-10H2,1H3,(H,16,19). The molecular formula is C14H26N4O. The minimum atomic E-state index is 0.158. The van der Waals surface area contributed by atoms with Gasteiger partial charge in [-0.3, -0.25) is 0 Å². The van der Waals surface area contributed by atoms with Crippen LogP contribution in [0, 0.1) is 11.8 Å². The van der Waals surface area contributed by atoms with Crippen molar-refractivity contribution in [2.75, 3.05) is 46.3 Å². The number of hydrogen-bond donors (Lipinski definition) is 2. The molecule has 3 aliphatic rings. The van der Waals surface area contributed by atoms with E-state index in [1.54, 1.807) is 0 Å². The van der Waals surface area contributed by atoms with E-state index < -0.39 is 0 Å². The Kier molecular flexibility index (Phi) is 3.93. The molecule has 108 valence electrons. The SMILES string of the molecule is CN1CCC(C2CN(CCC3CCNC3)C(=O)N2)C1. The van der Waals surface area contributed by atoms with Crippen molar-refractivity contribution in [2.24, 2.45) is 11.8 Å².